The van der Waals surface area contributed by atoms with Crippen LogP contribution < -0.4 is 10.6 Å². The molecule has 3 aromatic rings. The van der Waals surface area contributed by atoms with Gasteiger partial charge in [-0.2, -0.15) is 0 Å². The standard InChI is InChI=1S/C23H27N5O/c1-4-8-28(3)19-11-17(21-22(27-13-26-21)20(19)23(24)29)15-6-7-16-9-14(5-2)12-25-18(16)10-15/h6-7,10-14H,4-5,8-9H2,1-3H3,(H2,24,29)(H,26,27). The van der Waals surface area contributed by atoms with Crippen LogP contribution in [0.2, 0.25) is 0 Å². The predicted octanol–water partition coefficient (Wildman–Crippen LogP) is 4.46. The molecule has 0 fully saturated rings. The Morgan fingerprint density at radius 2 is 2.14 bits per heavy atom. The summed E-state index contributed by atoms with van der Waals surface area (Å²) >= 11 is 0. The molecule has 6 nitrogen and oxygen atoms in total. The van der Waals surface area contributed by atoms with E-state index in [1.54, 1.807) is 6.33 Å². The average Bonchev–Trinajstić information content (AvgIpc) is 3.21. The molecule has 1 amide bonds. The van der Waals surface area contributed by atoms with Crippen LogP contribution in [0.5, 0.6) is 0 Å². The first kappa shape index (κ1) is 19.2. The molecule has 1 aliphatic heterocycles. The summed E-state index contributed by atoms with van der Waals surface area (Å²) in [7, 11) is 1.99. The van der Waals surface area contributed by atoms with E-state index in [-0.39, 0.29) is 0 Å². The van der Waals surface area contributed by atoms with Gasteiger partial charge in [-0.1, -0.05) is 26.0 Å². The zero-order valence-corrected chi connectivity index (χ0v) is 17.2. The first-order valence-corrected chi connectivity index (χ1v) is 10.2. The van der Waals surface area contributed by atoms with Crippen LogP contribution >= 0.6 is 0 Å². The fraction of sp³-hybridized carbons (Fsp3) is 0.348. The van der Waals surface area contributed by atoms with Crippen molar-refractivity contribution >= 4 is 34.5 Å². The van der Waals surface area contributed by atoms with E-state index in [1.807, 2.05) is 13.1 Å². The molecule has 3 N–H and O–H groups in total. The van der Waals surface area contributed by atoms with E-state index in [1.165, 1.54) is 5.56 Å². The van der Waals surface area contributed by atoms with E-state index in [0.717, 1.165) is 53.8 Å². The lowest BCUT2D eigenvalue weighted by molar-refractivity contribution is 0.100. The third kappa shape index (κ3) is 3.39. The van der Waals surface area contributed by atoms with Crippen molar-refractivity contribution in [3.05, 3.63) is 41.7 Å². The minimum absolute atomic E-state index is 0.454. The number of aliphatic imine (C=N–C) groups is 1. The van der Waals surface area contributed by atoms with E-state index in [9.17, 15) is 4.79 Å². The summed E-state index contributed by atoms with van der Waals surface area (Å²) in [5.74, 6) is 0.0555. The highest BCUT2D eigenvalue weighted by molar-refractivity contribution is 6.12. The van der Waals surface area contributed by atoms with Gasteiger partial charge in [0.15, 0.2) is 0 Å². The summed E-state index contributed by atoms with van der Waals surface area (Å²) in [6, 6.07) is 8.44. The molecule has 2 aromatic carbocycles. The number of fused-ring (bicyclic) bond motifs is 2. The Balaban J connectivity index is 1.90. The van der Waals surface area contributed by atoms with Crippen LogP contribution in [-0.4, -0.2) is 35.7 Å². The molecule has 2 heterocycles. The number of hydrogen-bond donors (Lipinski definition) is 2. The third-order valence-corrected chi connectivity index (χ3v) is 5.73. The van der Waals surface area contributed by atoms with Crippen LogP contribution in [0.3, 0.4) is 0 Å². The van der Waals surface area contributed by atoms with Crippen LogP contribution in [-0.2, 0) is 6.42 Å². The maximum absolute atomic E-state index is 12.3. The number of aromatic nitrogens is 2. The maximum atomic E-state index is 12.3. The molecule has 1 aromatic heterocycles. The number of nitrogens with two attached hydrogens (primary N) is 1. The van der Waals surface area contributed by atoms with Crippen molar-refractivity contribution in [2.45, 2.75) is 33.1 Å². The number of nitrogens with zero attached hydrogens (tertiary/aromatic N) is 3. The highest BCUT2D eigenvalue weighted by Crippen LogP contribution is 2.38. The lowest BCUT2D eigenvalue weighted by Gasteiger charge is -2.23. The van der Waals surface area contributed by atoms with E-state index in [2.05, 4.69) is 53.1 Å². The zero-order valence-electron chi connectivity index (χ0n) is 17.2. The Bertz CT molecular complexity index is 1100. The normalized spacial score (nSPS) is 15.5. The van der Waals surface area contributed by atoms with Crippen molar-refractivity contribution in [3.8, 4) is 11.1 Å². The van der Waals surface area contributed by atoms with Crippen molar-refractivity contribution in [2.75, 3.05) is 18.5 Å². The van der Waals surface area contributed by atoms with Crippen LogP contribution in [0, 0.1) is 5.92 Å². The number of primary amides is 1. The Labute approximate surface area is 170 Å². The van der Waals surface area contributed by atoms with Gasteiger partial charge in [-0.3, -0.25) is 9.79 Å². The molecule has 0 radical (unpaired) electrons. The van der Waals surface area contributed by atoms with Gasteiger partial charge in [-0.25, -0.2) is 4.98 Å². The summed E-state index contributed by atoms with van der Waals surface area (Å²) in [5, 5.41) is 0. The number of carbonyl (C=O) groups excluding carboxylic acids is 1. The molecule has 150 valence electrons. The predicted molar refractivity (Wildman–Crippen MR) is 119 cm³/mol. The van der Waals surface area contributed by atoms with Gasteiger partial charge < -0.3 is 15.6 Å². The maximum Gasteiger partial charge on any atom is 0.253 e. The number of hydrogen-bond acceptors (Lipinski definition) is 4. The number of rotatable bonds is 6. The molecule has 6 heteroatoms. The Kier molecular flexibility index (Phi) is 5.09. The van der Waals surface area contributed by atoms with Gasteiger partial charge in [-0.05, 0) is 48.4 Å². The molecule has 0 saturated heterocycles. The number of amides is 1. The topological polar surface area (TPSA) is 87.4 Å². The quantitative estimate of drug-likeness (QED) is 0.652. The van der Waals surface area contributed by atoms with Crippen molar-refractivity contribution in [2.24, 2.45) is 16.6 Å². The first-order valence-electron chi connectivity index (χ1n) is 10.2. The molecule has 1 aliphatic rings. The van der Waals surface area contributed by atoms with Gasteiger partial charge >= 0.3 is 0 Å². The lowest BCUT2D eigenvalue weighted by atomic mass is 9.91. The minimum Gasteiger partial charge on any atom is -0.374 e. The van der Waals surface area contributed by atoms with Gasteiger partial charge in [0.2, 0.25) is 0 Å². The number of carbonyl (C=O) groups is 1. The van der Waals surface area contributed by atoms with Crippen LogP contribution in [0.15, 0.2) is 35.6 Å². The van der Waals surface area contributed by atoms with E-state index in [0.29, 0.717) is 17.0 Å². The first-order chi connectivity index (χ1) is 14.0. The smallest absolute Gasteiger partial charge is 0.253 e. The zero-order chi connectivity index (χ0) is 20.5. The largest absolute Gasteiger partial charge is 0.374 e. The second kappa shape index (κ2) is 7.70. The fourth-order valence-electron chi connectivity index (χ4n) is 4.12. The molecule has 0 spiro atoms. The van der Waals surface area contributed by atoms with Gasteiger partial charge in [0, 0.05) is 25.4 Å². The van der Waals surface area contributed by atoms with Crippen molar-refractivity contribution in [1.82, 2.24) is 9.97 Å². The molecule has 0 aliphatic carbocycles. The van der Waals surface area contributed by atoms with E-state index < -0.39 is 5.91 Å². The van der Waals surface area contributed by atoms with E-state index >= 15 is 0 Å². The van der Waals surface area contributed by atoms with Crippen molar-refractivity contribution in [1.29, 1.82) is 0 Å². The fourth-order valence-corrected chi connectivity index (χ4v) is 4.12. The number of nitrogens with one attached hydrogen (secondary N) is 1. The number of imidazole rings is 1. The SMILES string of the molecule is CCCN(C)c1cc(-c2ccc3c(c2)N=CC(CC)C3)c2nc[nH]c2c1C(N)=O. The molecule has 1 unspecified atom stereocenters. The summed E-state index contributed by atoms with van der Waals surface area (Å²) in [4.78, 5) is 26.7. The Morgan fingerprint density at radius 3 is 2.86 bits per heavy atom. The summed E-state index contributed by atoms with van der Waals surface area (Å²) in [6.45, 7) is 5.13. The molecule has 4 rings (SSSR count). The molecule has 0 bridgehead atoms. The summed E-state index contributed by atoms with van der Waals surface area (Å²) in [5.41, 5.74) is 12.8. The van der Waals surface area contributed by atoms with Crippen LogP contribution in [0.4, 0.5) is 11.4 Å². The average molecular weight is 390 g/mol. The summed E-state index contributed by atoms with van der Waals surface area (Å²) in [6.07, 6.45) is 6.77. The molecule has 29 heavy (non-hydrogen) atoms. The highest BCUT2D eigenvalue weighted by atomic mass is 16.1. The lowest BCUT2D eigenvalue weighted by Crippen LogP contribution is -2.23. The van der Waals surface area contributed by atoms with E-state index in [4.69, 9.17) is 10.7 Å². The monoisotopic (exact) mass is 389 g/mol. The summed E-state index contributed by atoms with van der Waals surface area (Å²) < 4.78 is 0. The highest BCUT2D eigenvalue weighted by Gasteiger charge is 2.22. The Hall–Kier alpha value is -3.15. The van der Waals surface area contributed by atoms with Crippen molar-refractivity contribution < 1.29 is 4.79 Å². The molecular formula is C23H27N5O. The Morgan fingerprint density at radius 1 is 1.31 bits per heavy atom. The second-order valence-electron chi connectivity index (χ2n) is 7.72. The molecule has 1 atom stereocenters. The van der Waals surface area contributed by atoms with Crippen LogP contribution in [0.25, 0.3) is 22.2 Å². The number of H-pyrrole nitrogens is 1. The second-order valence-corrected chi connectivity index (χ2v) is 7.72. The van der Waals surface area contributed by atoms with Gasteiger partial charge in [0.1, 0.15) is 0 Å². The van der Waals surface area contributed by atoms with Gasteiger partial charge in [-0.15, -0.1) is 0 Å². The van der Waals surface area contributed by atoms with Gasteiger partial charge in [0.25, 0.3) is 5.91 Å². The minimum atomic E-state index is -0.454. The number of aromatic amines is 1. The van der Waals surface area contributed by atoms with Crippen LogP contribution in [0.1, 0.15) is 42.6 Å². The third-order valence-electron chi connectivity index (χ3n) is 5.73. The number of anilines is 1. The van der Waals surface area contributed by atoms with Gasteiger partial charge in [0.05, 0.1) is 34.3 Å². The molecule has 0 saturated carbocycles. The number of benzene rings is 2. The van der Waals surface area contributed by atoms with Crippen molar-refractivity contribution in [3.63, 3.8) is 0 Å². The molecular weight excluding hydrogens is 362 g/mol.